The smallest absolute Gasteiger partial charge is 0.224 e. The van der Waals surface area contributed by atoms with Gasteiger partial charge in [-0.1, -0.05) is 0 Å². The minimum Gasteiger partial charge on any atom is -0.357 e. The van der Waals surface area contributed by atoms with Crippen molar-refractivity contribution in [2.75, 3.05) is 44.4 Å². The molecule has 2 rings (SSSR count). The molecule has 0 amide bonds. The third-order valence-corrected chi connectivity index (χ3v) is 4.41. The molecule has 1 N–H and O–H groups in total. The van der Waals surface area contributed by atoms with Gasteiger partial charge < -0.3 is 15.1 Å². The molecule has 0 atom stereocenters. The minimum atomic E-state index is 0.310. The van der Waals surface area contributed by atoms with E-state index in [0.29, 0.717) is 11.5 Å². The molecule has 1 heterocycles. The van der Waals surface area contributed by atoms with Crippen molar-refractivity contribution in [3.05, 3.63) is 11.8 Å². The lowest BCUT2D eigenvalue weighted by Crippen LogP contribution is -2.57. The molecule has 0 bridgehead atoms. The number of aromatic nitrogens is 2. The Balaban J connectivity index is 2.16. The SMILES string of the molecule is CCNc1ncc(C)c(N(C)CC2(N(C)C)CCC2)n1. The second kappa shape index (κ2) is 5.95. The molecule has 112 valence electrons. The van der Waals surface area contributed by atoms with Gasteiger partial charge in [-0.05, 0) is 47.2 Å². The van der Waals surface area contributed by atoms with Gasteiger partial charge in [0.15, 0.2) is 0 Å². The highest BCUT2D eigenvalue weighted by Gasteiger charge is 2.40. The van der Waals surface area contributed by atoms with Gasteiger partial charge in [0, 0.05) is 37.4 Å². The van der Waals surface area contributed by atoms with E-state index in [9.17, 15) is 0 Å². The van der Waals surface area contributed by atoms with Crippen LogP contribution in [0.2, 0.25) is 0 Å². The van der Waals surface area contributed by atoms with Crippen LogP contribution in [0.25, 0.3) is 0 Å². The maximum atomic E-state index is 4.65. The van der Waals surface area contributed by atoms with Crippen molar-refractivity contribution in [2.45, 2.75) is 38.6 Å². The molecular weight excluding hydrogens is 250 g/mol. The summed E-state index contributed by atoms with van der Waals surface area (Å²) >= 11 is 0. The summed E-state index contributed by atoms with van der Waals surface area (Å²) in [5.74, 6) is 1.75. The van der Waals surface area contributed by atoms with E-state index in [2.05, 4.69) is 60.1 Å². The maximum Gasteiger partial charge on any atom is 0.224 e. The van der Waals surface area contributed by atoms with Crippen LogP contribution in [0.1, 0.15) is 31.7 Å². The Morgan fingerprint density at radius 2 is 2.00 bits per heavy atom. The highest BCUT2D eigenvalue weighted by Crippen LogP contribution is 2.37. The van der Waals surface area contributed by atoms with E-state index in [1.165, 1.54) is 19.3 Å². The van der Waals surface area contributed by atoms with Crippen molar-refractivity contribution in [3.8, 4) is 0 Å². The van der Waals surface area contributed by atoms with Crippen molar-refractivity contribution < 1.29 is 0 Å². The highest BCUT2D eigenvalue weighted by atomic mass is 15.3. The Morgan fingerprint density at radius 1 is 1.30 bits per heavy atom. The maximum absolute atomic E-state index is 4.65. The molecule has 0 aromatic carbocycles. The predicted octanol–water partition coefficient (Wildman–Crippen LogP) is 2.14. The lowest BCUT2D eigenvalue weighted by molar-refractivity contribution is 0.0681. The van der Waals surface area contributed by atoms with E-state index in [1.807, 2.05) is 6.20 Å². The second-order valence-corrected chi connectivity index (χ2v) is 6.06. The summed E-state index contributed by atoms with van der Waals surface area (Å²) in [4.78, 5) is 13.6. The monoisotopic (exact) mass is 277 g/mol. The Kier molecular flexibility index (Phi) is 4.48. The minimum absolute atomic E-state index is 0.310. The Labute approximate surface area is 122 Å². The number of hydrogen-bond acceptors (Lipinski definition) is 5. The quantitative estimate of drug-likeness (QED) is 0.863. The number of rotatable bonds is 6. The van der Waals surface area contributed by atoms with E-state index in [-0.39, 0.29) is 0 Å². The van der Waals surface area contributed by atoms with E-state index in [4.69, 9.17) is 0 Å². The van der Waals surface area contributed by atoms with Crippen LogP contribution in [0.5, 0.6) is 0 Å². The fraction of sp³-hybridized carbons (Fsp3) is 0.733. The van der Waals surface area contributed by atoms with Gasteiger partial charge in [-0.3, -0.25) is 0 Å². The first kappa shape index (κ1) is 15.0. The zero-order chi connectivity index (χ0) is 14.8. The van der Waals surface area contributed by atoms with Gasteiger partial charge in [-0.2, -0.15) is 4.98 Å². The van der Waals surface area contributed by atoms with Crippen molar-refractivity contribution in [2.24, 2.45) is 0 Å². The van der Waals surface area contributed by atoms with Crippen LogP contribution in [0.4, 0.5) is 11.8 Å². The lowest BCUT2D eigenvalue weighted by Gasteiger charge is -2.49. The summed E-state index contributed by atoms with van der Waals surface area (Å²) in [6.45, 7) is 5.99. The molecule has 1 aromatic heterocycles. The second-order valence-electron chi connectivity index (χ2n) is 6.06. The van der Waals surface area contributed by atoms with Crippen molar-refractivity contribution in [1.29, 1.82) is 0 Å². The number of nitrogens with one attached hydrogen (secondary N) is 1. The van der Waals surface area contributed by atoms with Gasteiger partial charge in [-0.25, -0.2) is 4.98 Å². The summed E-state index contributed by atoms with van der Waals surface area (Å²) in [5, 5.41) is 3.18. The molecule has 20 heavy (non-hydrogen) atoms. The molecule has 1 aliphatic rings. The first-order chi connectivity index (χ1) is 9.48. The van der Waals surface area contributed by atoms with Gasteiger partial charge in [-0.15, -0.1) is 0 Å². The van der Waals surface area contributed by atoms with Crippen molar-refractivity contribution in [3.63, 3.8) is 0 Å². The Morgan fingerprint density at radius 3 is 2.50 bits per heavy atom. The zero-order valence-corrected chi connectivity index (χ0v) is 13.4. The first-order valence-corrected chi connectivity index (χ1v) is 7.44. The molecular formula is C15H27N5. The van der Waals surface area contributed by atoms with Gasteiger partial charge in [0.05, 0.1) is 0 Å². The van der Waals surface area contributed by atoms with Crippen LogP contribution in [-0.2, 0) is 0 Å². The fourth-order valence-corrected chi connectivity index (χ4v) is 2.91. The molecule has 1 fully saturated rings. The van der Waals surface area contributed by atoms with E-state index in [1.54, 1.807) is 0 Å². The summed E-state index contributed by atoms with van der Waals surface area (Å²) in [6.07, 6.45) is 5.78. The third kappa shape index (κ3) is 2.87. The topological polar surface area (TPSA) is 44.3 Å². The van der Waals surface area contributed by atoms with Crippen molar-refractivity contribution >= 4 is 11.8 Å². The van der Waals surface area contributed by atoms with Crippen LogP contribution in [0.3, 0.4) is 0 Å². The normalized spacial score (nSPS) is 16.9. The van der Waals surface area contributed by atoms with Crippen LogP contribution in [-0.4, -0.2) is 54.6 Å². The summed E-state index contributed by atoms with van der Waals surface area (Å²) in [6, 6.07) is 0. The van der Waals surface area contributed by atoms with E-state index in [0.717, 1.165) is 24.5 Å². The molecule has 0 aliphatic heterocycles. The average molecular weight is 277 g/mol. The van der Waals surface area contributed by atoms with Gasteiger partial charge in [0.1, 0.15) is 5.82 Å². The average Bonchev–Trinajstić information content (AvgIpc) is 2.35. The number of likely N-dealkylation sites (N-methyl/N-ethyl adjacent to an activating group) is 2. The van der Waals surface area contributed by atoms with Gasteiger partial charge >= 0.3 is 0 Å². The fourth-order valence-electron chi connectivity index (χ4n) is 2.91. The Bertz CT molecular complexity index is 454. The molecule has 0 saturated heterocycles. The van der Waals surface area contributed by atoms with Crippen LogP contribution in [0.15, 0.2) is 6.20 Å². The predicted molar refractivity (Wildman–Crippen MR) is 84.5 cm³/mol. The van der Waals surface area contributed by atoms with Gasteiger partial charge in [0.25, 0.3) is 0 Å². The summed E-state index contributed by atoms with van der Waals surface area (Å²) in [7, 11) is 6.50. The standard InChI is InChI=1S/C15H27N5/c1-6-16-14-17-10-12(2)13(18-14)20(5)11-15(19(3)4)8-7-9-15/h10H,6-9,11H2,1-5H3,(H,16,17,18). The summed E-state index contributed by atoms with van der Waals surface area (Å²) < 4.78 is 0. The number of anilines is 2. The number of hydrogen-bond donors (Lipinski definition) is 1. The molecule has 1 aromatic rings. The zero-order valence-electron chi connectivity index (χ0n) is 13.4. The molecule has 0 unspecified atom stereocenters. The first-order valence-electron chi connectivity index (χ1n) is 7.44. The van der Waals surface area contributed by atoms with Crippen molar-refractivity contribution in [1.82, 2.24) is 14.9 Å². The summed E-state index contributed by atoms with van der Waals surface area (Å²) in [5.41, 5.74) is 1.44. The Hall–Kier alpha value is -1.36. The van der Waals surface area contributed by atoms with E-state index < -0.39 is 0 Å². The molecule has 5 nitrogen and oxygen atoms in total. The third-order valence-electron chi connectivity index (χ3n) is 4.41. The molecule has 5 heteroatoms. The lowest BCUT2D eigenvalue weighted by atomic mass is 9.75. The molecule has 0 spiro atoms. The van der Waals surface area contributed by atoms with E-state index >= 15 is 0 Å². The number of aryl methyl sites for hydroxylation is 1. The largest absolute Gasteiger partial charge is 0.357 e. The van der Waals surface area contributed by atoms with Crippen LogP contribution < -0.4 is 10.2 Å². The molecule has 1 saturated carbocycles. The number of nitrogens with zero attached hydrogens (tertiary/aromatic N) is 4. The van der Waals surface area contributed by atoms with Crippen LogP contribution in [0, 0.1) is 6.92 Å². The highest BCUT2D eigenvalue weighted by molar-refractivity contribution is 5.48. The van der Waals surface area contributed by atoms with Crippen LogP contribution >= 0.6 is 0 Å². The molecule has 1 aliphatic carbocycles. The molecule has 0 radical (unpaired) electrons. The van der Waals surface area contributed by atoms with Gasteiger partial charge in [0.2, 0.25) is 5.95 Å².